The third-order valence-electron chi connectivity index (χ3n) is 5.72. The molecule has 4 heterocycles. The highest BCUT2D eigenvalue weighted by Gasteiger charge is 2.36. The Morgan fingerprint density at radius 2 is 2.09 bits per heavy atom. The molecule has 5 rings (SSSR count). The minimum absolute atomic E-state index is 0.124. The number of pyridine rings is 1. The number of likely N-dealkylation sites (tertiary alicyclic amines) is 1. The van der Waals surface area contributed by atoms with Gasteiger partial charge in [0.15, 0.2) is 0 Å². The van der Waals surface area contributed by atoms with Crippen LogP contribution in [0, 0.1) is 13.8 Å². The maximum Gasteiger partial charge on any atom is 0.274 e. The molecule has 1 aliphatic heterocycles. The van der Waals surface area contributed by atoms with Gasteiger partial charge in [-0.05, 0) is 38.0 Å². The highest BCUT2D eigenvalue weighted by molar-refractivity contribution is 7.15. The van der Waals surface area contributed by atoms with E-state index in [4.69, 9.17) is 9.72 Å². The molecule has 162 valence electrons. The van der Waals surface area contributed by atoms with Gasteiger partial charge in [0.25, 0.3) is 5.91 Å². The summed E-state index contributed by atoms with van der Waals surface area (Å²) in [5.74, 6) is 1.18. The number of hydrogen-bond acceptors (Lipinski definition) is 6. The van der Waals surface area contributed by atoms with Gasteiger partial charge in [-0.1, -0.05) is 24.3 Å². The van der Waals surface area contributed by atoms with Crippen molar-refractivity contribution in [2.24, 2.45) is 0 Å². The summed E-state index contributed by atoms with van der Waals surface area (Å²) in [6.45, 7) is 8.59. The lowest BCUT2D eigenvalue weighted by atomic mass is 10.1. The molecule has 0 unspecified atom stereocenters. The Balaban J connectivity index is 1.52. The molecule has 3 aromatic heterocycles. The average molecular weight is 446 g/mol. The first-order chi connectivity index (χ1) is 15.4. The molecule has 1 fully saturated rings. The number of thiazole rings is 1. The van der Waals surface area contributed by atoms with E-state index in [1.165, 1.54) is 11.3 Å². The first-order valence-corrected chi connectivity index (χ1v) is 11.2. The van der Waals surface area contributed by atoms with Gasteiger partial charge in [0.1, 0.15) is 11.5 Å². The van der Waals surface area contributed by atoms with E-state index in [-0.39, 0.29) is 11.9 Å². The highest BCUT2D eigenvalue weighted by Crippen LogP contribution is 2.38. The summed E-state index contributed by atoms with van der Waals surface area (Å²) in [5, 5.41) is 0.827. The number of carbonyl (C=O) groups excluding carboxylic acids is 1. The summed E-state index contributed by atoms with van der Waals surface area (Å²) >= 11 is 1.49. The van der Waals surface area contributed by atoms with Crippen molar-refractivity contribution in [2.45, 2.75) is 26.3 Å². The lowest BCUT2D eigenvalue weighted by molar-refractivity contribution is 0.0728. The van der Waals surface area contributed by atoms with E-state index in [0.717, 1.165) is 43.4 Å². The average Bonchev–Trinajstić information content (AvgIpc) is 3.50. The van der Waals surface area contributed by atoms with Gasteiger partial charge >= 0.3 is 0 Å². The third kappa shape index (κ3) is 3.46. The summed E-state index contributed by atoms with van der Waals surface area (Å²) < 4.78 is 5.16. The van der Waals surface area contributed by atoms with E-state index in [0.29, 0.717) is 24.5 Å². The minimum atomic E-state index is -0.203. The SMILES string of the molecule is C=C1C[C@@H](c2nc3cccc(C)c3[nH]2)N(C(=O)c2nc(C)sc2-c2ccc(OC)nc2)C1. The molecule has 1 aromatic carbocycles. The van der Waals surface area contributed by atoms with Crippen molar-refractivity contribution in [1.82, 2.24) is 24.8 Å². The van der Waals surface area contributed by atoms with Crippen LogP contribution in [0.4, 0.5) is 0 Å². The molecule has 0 bridgehead atoms. The van der Waals surface area contributed by atoms with Gasteiger partial charge in [-0.2, -0.15) is 0 Å². The maximum atomic E-state index is 13.7. The van der Waals surface area contributed by atoms with Crippen LogP contribution in [0.3, 0.4) is 0 Å². The number of benzene rings is 1. The molecule has 0 spiro atoms. The molecule has 7 nitrogen and oxygen atoms in total. The second-order valence-electron chi connectivity index (χ2n) is 7.99. The van der Waals surface area contributed by atoms with Gasteiger partial charge in [0, 0.05) is 24.4 Å². The van der Waals surface area contributed by atoms with Crippen LogP contribution in [0.5, 0.6) is 5.88 Å². The molecular formula is C24H23N5O2S. The standard InChI is InChI=1S/C24H23N5O2S/c1-13-10-18(23-27-17-7-5-6-14(2)20(17)28-23)29(12-13)24(30)21-22(32-15(3)26-21)16-8-9-19(31-4)25-11-16/h5-9,11,18H,1,10,12H2,2-4H3,(H,27,28)/t18-/m0/s1. The number of ether oxygens (including phenoxy) is 1. The van der Waals surface area contributed by atoms with Gasteiger partial charge < -0.3 is 14.6 Å². The monoisotopic (exact) mass is 445 g/mol. The van der Waals surface area contributed by atoms with E-state index in [2.05, 4.69) is 21.5 Å². The number of imidazole rings is 1. The molecular weight excluding hydrogens is 422 g/mol. The number of hydrogen-bond donors (Lipinski definition) is 1. The fourth-order valence-electron chi connectivity index (χ4n) is 4.15. The Labute approximate surface area is 189 Å². The fourth-order valence-corrected chi connectivity index (χ4v) is 5.05. The van der Waals surface area contributed by atoms with Crippen LogP contribution >= 0.6 is 11.3 Å². The van der Waals surface area contributed by atoms with Crippen LogP contribution in [0.2, 0.25) is 0 Å². The summed E-state index contributed by atoms with van der Waals surface area (Å²) in [6, 6.07) is 9.51. The summed E-state index contributed by atoms with van der Waals surface area (Å²) in [4.78, 5) is 33.5. The number of carbonyl (C=O) groups is 1. The Kier molecular flexibility index (Phi) is 5.01. The first kappa shape index (κ1) is 20.4. The van der Waals surface area contributed by atoms with Crippen LogP contribution in [-0.2, 0) is 0 Å². The zero-order valence-corrected chi connectivity index (χ0v) is 19.0. The third-order valence-corrected chi connectivity index (χ3v) is 6.74. The molecule has 8 heteroatoms. The van der Waals surface area contributed by atoms with Crippen molar-refractivity contribution in [3.8, 4) is 16.3 Å². The van der Waals surface area contributed by atoms with Crippen molar-refractivity contribution in [3.63, 3.8) is 0 Å². The fraction of sp³-hybridized carbons (Fsp3) is 0.250. The van der Waals surface area contributed by atoms with Crippen LogP contribution < -0.4 is 4.74 Å². The number of H-pyrrole nitrogens is 1. The van der Waals surface area contributed by atoms with Crippen LogP contribution in [0.25, 0.3) is 21.5 Å². The number of aromatic amines is 1. The van der Waals surface area contributed by atoms with Crippen molar-refractivity contribution in [3.05, 3.63) is 70.8 Å². The Bertz CT molecular complexity index is 1340. The van der Waals surface area contributed by atoms with Gasteiger partial charge in [0.2, 0.25) is 5.88 Å². The first-order valence-electron chi connectivity index (χ1n) is 10.3. The predicted molar refractivity (Wildman–Crippen MR) is 125 cm³/mol. The normalized spacial score (nSPS) is 16.2. The zero-order chi connectivity index (χ0) is 22.4. The molecule has 1 N–H and O–H groups in total. The van der Waals surface area contributed by atoms with Crippen LogP contribution in [0.1, 0.15) is 39.3 Å². The molecule has 32 heavy (non-hydrogen) atoms. The number of amides is 1. The minimum Gasteiger partial charge on any atom is -0.481 e. The number of rotatable bonds is 4. The number of para-hydroxylation sites is 1. The van der Waals surface area contributed by atoms with Gasteiger partial charge in [-0.3, -0.25) is 4.79 Å². The largest absolute Gasteiger partial charge is 0.481 e. The molecule has 1 amide bonds. The number of aryl methyl sites for hydroxylation is 2. The Morgan fingerprint density at radius 1 is 1.25 bits per heavy atom. The number of aromatic nitrogens is 4. The van der Waals surface area contributed by atoms with Crippen LogP contribution in [0.15, 0.2) is 48.7 Å². The van der Waals surface area contributed by atoms with E-state index in [9.17, 15) is 4.79 Å². The molecule has 0 aliphatic carbocycles. The number of fused-ring (bicyclic) bond motifs is 1. The van der Waals surface area contributed by atoms with Crippen molar-refractivity contribution < 1.29 is 9.53 Å². The molecule has 1 atom stereocenters. The Morgan fingerprint density at radius 3 is 2.81 bits per heavy atom. The lowest BCUT2D eigenvalue weighted by Crippen LogP contribution is -2.31. The number of nitrogens with zero attached hydrogens (tertiary/aromatic N) is 4. The molecule has 4 aromatic rings. The van der Waals surface area contributed by atoms with Gasteiger partial charge in [-0.25, -0.2) is 15.0 Å². The molecule has 1 aliphatic rings. The highest BCUT2D eigenvalue weighted by atomic mass is 32.1. The van der Waals surface area contributed by atoms with E-state index >= 15 is 0 Å². The quantitative estimate of drug-likeness (QED) is 0.454. The van der Waals surface area contributed by atoms with Crippen molar-refractivity contribution in [2.75, 3.05) is 13.7 Å². The van der Waals surface area contributed by atoms with Crippen molar-refractivity contribution >= 4 is 28.3 Å². The number of methoxy groups -OCH3 is 1. The summed E-state index contributed by atoms with van der Waals surface area (Å²) in [7, 11) is 1.58. The summed E-state index contributed by atoms with van der Waals surface area (Å²) in [6.07, 6.45) is 2.39. The van der Waals surface area contributed by atoms with Gasteiger partial charge in [0.05, 0.1) is 34.1 Å². The smallest absolute Gasteiger partial charge is 0.274 e. The van der Waals surface area contributed by atoms with Gasteiger partial charge in [-0.15, -0.1) is 11.3 Å². The molecule has 1 saturated heterocycles. The Hall–Kier alpha value is -3.52. The van der Waals surface area contributed by atoms with Crippen LogP contribution in [-0.4, -0.2) is 44.4 Å². The summed E-state index contributed by atoms with van der Waals surface area (Å²) in [5.41, 5.74) is 5.31. The molecule has 0 saturated carbocycles. The zero-order valence-electron chi connectivity index (χ0n) is 18.2. The second kappa shape index (κ2) is 7.87. The molecule has 0 radical (unpaired) electrons. The van der Waals surface area contributed by atoms with E-state index < -0.39 is 0 Å². The second-order valence-corrected chi connectivity index (χ2v) is 9.20. The van der Waals surface area contributed by atoms with E-state index in [1.807, 2.05) is 43.0 Å². The topological polar surface area (TPSA) is 84.0 Å². The maximum absolute atomic E-state index is 13.7. The number of nitrogens with one attached hydrogen (secondary N) is 1. The lowest BCUT2D eigenvalue weighted by Gasteiger charge is -2.22. The van der Waals surface area contributed by atoms with E-state index in [1.54, 1.807) is 19.4 Å². The van der Waals surface area contributed by atoms with Crippen molar-refractivity contribution in [1.29, 1.82) is 0 Å². The predicted octanol–water partition coefficient (Wildman–Crippen LogP) is 4.85.